The Hall–Kier alpha value is -3.60. The molecule has 3 rings (SSSR count). The van der Waals surface area contributed by atoms with Crippen molar-refractivity contribution in [2.24, 2.45) is 0 Å². The van der Waals surface area contributed by atoms with Crippen LogP contribution in [0.2, 0.25) is 0 Å². The molecule has 1 heterocycles. The van der Waals surface area contributed by atoms with Crippen molar-refractivity contribution in [3.8, 4) is 5.75 Å². The number of carbonyl (C=O) groups is 2. The molecule has 30 heavy (non-hydrogen) atoms. The molecule has 0 unspecified atom stereocenters. The highest BCUT2D eigenvalue weighted by Gasteiger charge is 2.36. The molecule has 2 aromatic rings. The minimum atomic E-state index is -0.524. The smallest absolute Gasteiger partial charge is 0.340 e. The number of esters is 1. The molecule has 0 aliphatic carbocycles. The second kappa shape index (κ2) is 9.27. The van der Waals surface area contributed by atoms with E-state index in [1.165, 1.54) is 7.11 Å². The molecule has 0 radical (unpaired) electrons. The maximum Gasteiger partial charge on any atom is 0.340 e. The summed E-state index contributed by atoms with van der Waals surface area (Å²) in [4.78, 5) is 27.3. The van der Waals surface area contributed by atoms with Crippen LogP contribution in [0.25, 0.3) is 6.08 Å². The van der Waals surface area contributed by atoms with E-state index in [2.05, 4.69) is 6.58 Å². The number of methoxy groups -OCH3 is 1. The van der Waals surface area contributed by atoms with E-state index in [9.17, 15) is 9.59 Å². The summed E-state index contributed by atoms with van der Waals surface area (Å²) in [7, 11) is 1.32. The monoisotopic (exact) mass is 403 g/mol. The quantitative estimate of drug-likeness (QED) is 0.390. The third-order valence-corrected chi connectivity index (χ3v) is 4.92. The minimum Gasteiger partial charge on any atom is -0.490 e. The minimum absolute atomic E-state index is 0.222. The predicted octanol–water partition coefficient (Wildman–Crippen LogP) is 4.43. The van der Waals surface area contributed by atoms with Crippen molar-refractivity contribution in [3.63, 3.8) is 0 Å². The van der Waals surface area contributed by atoms with Gasteiger partial charge in [-0.15, -0.1) is 0 Å². The van der Waals surface area contributed by atoms with Crippen molar-refractivity contribution in [3.05, 3.63) is 94.7 Å². The van der Waals surface area contributed by atoms with Crippen molar-refractivity contribution in [2.45, 2.75) is 20.4 Å². The Bertz CT molecular complexity index is 1010. The normalized spacial score (nSPS) is 15.0. The van der Waals surface area contributed by atoms with Crippen LogP contribution in [0, 0.1) is 6.92 Å². The lowest BCUT2D eigenvalue weighted by atomic mass is 10.0. The summed E-state index contributed by atoms with van der Waals surface area (Å²) >= 11 is 0. The predicted molar refractivity (Wildman–Crippen MR) is 117 cm³/mol. The van der Waals surface area contributed by atoms with Gasteiger partial charge in [0.25, 0.3) is 5.91 Å². The summed E-state index contributed by atoms with van der Waals surface area (Å²) in [6.07, 6.45) is 3.39. The molecule has 1 aliphatic rings. The third-order valence-electron chi connectivity index (χ3n) is 4.92. The van der Waals surface area contributed by atoms with E-state index in [1.807, 2.05) is 55.5 Å². The lowest BCUT2D eigenvalue weighted by Gasteiger charge is -2.18. The highest BCUT2D eigenvalue weighted by Crippen LogP contribution is 2.33. The standard InChI is InChI=1S/C25H25NO4/c1-5-14-30-21-12-10-19(11-13-21)15-22-23(25(28)29-4)18(3)26(24(22)27)16-20-8-6-17(2)7-9-20/h5-13,15H,1,14,16H2,2-4H3/b22-15-. The van der Waals surface area contributed by atoms with Crippen molar-refractivity contribution < 1.29 is 19.1 Å². The van der Waals surface area contributed by atoms with Gasteiger partial charge in [-0.25, -0.2) is 4.79 Å². The first kappa shape index (κ1) is 21.1. The molecule has 0 bridgehead atoms. The lowest BCUT2D eigenvalue weighted by molar-refractivity contribution is -0.136. The first-order valence-corrected chi connectivity index (χ1v) is 9.67. The molecular formula is C25H25NO4. The van der Waals surface area contributed by atoms with Gasteiger partial charge in [-0.05, 0) is 43.2 Å². The number of ether oxygens (including phenoxy) is 2. The zero-order valence-corrected chi connectivity index (χ0v) is 17.5. The largest absolute Gasteiger partial charge is 0.490 e. The molecular weight excluding hydrogens is 378 g/mol. The van der Waals surface area contributed by atoms with Crippen molar-refractivity contribution in [2.75, 3.05) is 13.7 Å². The van der Waals surface area contributed by atoms with Crippen molar-refractivity contribution in [1.82, 2.24) is 4.90 Å². The van der Waals surface area contributed by atoms with Crippen LogP contribution in [0.3, 0.4) is 0 Å². The van der Waals surface area contributed by atoms with Crippen LogP contribution in [0.15, 0.2) is 78.0 Å². The Morgan fingerprint density at radius 1 is 1.07 bits per heavy atom. The van der Waals surface area contributed by atoms with Gasteiger partial charge in [-0.1, -0.05) is 54.6 Å². The highest BCUT2D eigenvalue weighted by atomic mass is 16.5. The maximum atomic E-state index is 13.2. The molecule has 0 saturated heterocycles. The topological polar surface area (TPSA) is 55.8 Å². The second-order valence-electron chi connectivity index (χ2n) is 7.06. The summed E-state index contributed by atoms with van der Waals surface area (Å²) in [5, 5.41) is 0. The number of nitrogens with zero attached hydrogens (tertiary/aromatic N) is 1. The van der Waals surface area contributed by atoms with Crippen LogP contribution in [-0.2, 0) is 20.9 Å². The van der Waals surface area contributed by atoms with E-state index < -0.39 is 5.97 Å². The van der Waals surface area contributed by atoms with Gasteiger partial charge >= 0.3 is 5.97 Å². The average Bonchev–Trinajstić information content (AvgIpc) is 2.98. The molecule has 0 aromatic heterocycles. The molecule has 0 N–H and O–H groups in total. The van der Waals surface area contributed by atoms with Crippen LogP contribution in [0.4, 0.5) is 0 Å². The van der Waals surface area contributed by atoms with Gasteiger partial charge in [0.1, 0.15) is 12.4 Å². The number of allylic oxidation sites excluding steroid dienone is 1. The Labute approximate surface area is 176 Å². The van der Waals surface area contributed by atoms with E-state index in [0.717, 1.165) is 16.7 Å². The molecule has 2 aromatic carbocycles. The third kappa shape index (κ3) is 4.51. The number of carbonyl (C=O) groups excluding carboxylic acids is 2. The fraction of sp³-hybridized carbons (Fsp3) is 0.200. The maximum absolute atomic E-state index is 13.2. The van der Waals surface area contributed by atoms with Crippen molar-refractivity contribution >= 4 is 18.0 Å². The van der Waals surface area contributed by atoms with Crippen LogP contribution >= 0.6 is 0 Å². The van der Waals surface area contributed by atoms with Gasteiger partial charge in [0.2, 0.25) is 0 Å². The fourth-order valence-electron chi connectivity index (χ4n) is 3.28. The summed E-state index contributed by atoms with van der Waals surface area (Å²) in [6, 6.07) is 15.3. The number of hydrogen-bond acceptors (Lipinski definition) is 4. The van der Waals surface area contributed by atoms with Gasteiger partial charge < -0.3 is 14.4 Å². The van der Waals surface area contributed by atoms with E-state index in [1.54, 1.807) is 24.0 Å². The van der Waals surface area contributed by atoms with E-state index in [4.69, 9.17) is 9.47 Å². The zero-order chi connectivity index (χ0) is 21.7. The molecule has 1 amide bonds. The van der Waals surface area contributed by atoms with Crippen LogP contribution in [0.1, 0.15) is 23.6 Å². The Balaban J connectivity index is 1.93. The van der Waals surface area contributed by atoms with E-state index in [-0.39, 0.29) is 5.91 Å². The molecule has 5 heteroatoms. The SMILES string of the molecule is C=CCOc1ccc(/C=C2\C(=O)N(Cc3ccc(C)cc3)C(C)=C2C(=O)OC)cc1. The summed E-state index contributed by atoms with van der Waals surface area (Å²) in [6.45, 7) is 8.21. The van der Waals surface area contributed by atoms with Crippen molar-refractivity contribution in [1.29, 1.82) is 0 Å². The van der Waals surface area contributed by atoms with Crippen LogP contribution in [-0.4, -0.2) is 30.5 Å². The number of benzene rings is 2. The van der Waals surface area contributed by atoms with Gasteiger partial charge in [0.05, 0.1) is 24.8 Å². The Morgan fingerprint density at radius 2 is 1.73 bits per heavy atom. The molecule has 0 spiro atoms. The Morgan fingerprint density at radius 3 is 2.33 bits per heavy atom. The molecule has 5 nitrogen and oxygen atoms in total. The lowest BCUT2D eigenvalue weighted by Crippen LogP contribution is -2.24. The summed E-state index contributed by atoms with van der Waals surface area (Å²) < 4.78 is 10.4. The Kier molecular flexibility index (Phi) is 6.52. The number of rotatable bonds is 7. The first-order chi connectivity index (χ1) is 14.4. The van der Waals surface area contributed by atoms with Gasteiger partial charge in [-0.3, -0.25) is 4.79 Å². The molecule has 0 atom stereocenters. The van der Waals surface area contributed by atoms with Gasteiger partial charge in [-0.2, -0.15) is 0 Å². The molecule has 0 saturated carbocycles. The second-order valence-corrected chi connectivity index (χ2v) is 7.06. The first-order valence-electron chi connectivity index (χ1n) is 9.67. The number of hydrogen-bond donors (Lipinski definition) is 0. The summed E-state index contributed by atoms with van der Waals surface area (Å²) in [5.74, 6) is -0.0411. The average molecular weight is 403 g/mol. The molecule has 154 valence electrons. The van der Waals surface area contributed by atoms with Crippen LogP contribution < -0.4 is 4.74 Å². The number of amides is 1. The number of aryl methyl sites for hydroxylation is 1. The highest BCUT2D eigenvalue weighted by molar-refractivity contribution is 6.16. The van der Waals surface area contributed by atoms with E-state index >= 15 is 0 Å². The molecule has 0 fully saturated rings. The fourth-order valence-corrected chi connectivity index (χ4v) is 3.28. The van der Waals surface area contributed by atoms with Crippen LogP contribution in [0.5, 0.6) is 5.75 Å². The zero-order valence-electron chi connectivity index (χ0n) is 17.5. The molecule has 1 aliphatic heterocycles. The summed E-state index contributed by atoms with van der Waals surface area (Å²) in [5.41, 5.74) is 4.13. The van der Waals surface area contributed by atoms with E-state index in [0.29, 0.717) is 35.7 Å². The van der Waals surface area contributed by atoms with Gasteiger partial charge in [0, 0.05) is 5.70 Å². The van der Waals surface area contributed by atoms with Gasteiger partial charge in [0.15, 0.2) is 0 Å².